The highest BCUT2D eigenvalue weighted by molar-refractivity contribution is 6.11. The molecule has 0 unspecified atom stereocenters. The SMILES string of the molecule is CN(C)C1CCN(c2ccc(C(=O)Nc3n[nH]c4ccc(Cc5cc(F)cc(F)c5)cc34)c(NC3CCOCC3)c2)CC1. The molecule has 0 bridgehead atoms. The lowest BCUT2D eigenvalue weighted by Crippen LogP contribution is -2.42. The normalized spacial score (nSPS) is 16.6. The molecule has 0 radical (unpaired) electrons. The van der Waals surface area contributed by atoms with Crippen molar-refractivity contribution < 1.29 is 18.3 Å². The minimum Gasteiger partial charge on any atom is -0.381 e. The van der Waals surface area contributed by atoms with Gasteiger partial charge in [0, 0.05) is 61.2 Å². The molecule has 3 heterocycles. The Morgan fingerprint density at radius 3 is 2.44 bits per heavy atom. The number of piperidine rings is 1. The van der Waals surface area contributed by atoms with E-state index < -0.39 is 11.6 Å². The van der Waals surface area contributed by atoms with Gasteiger partial charge >= 0.3 is 0 Å². The molecule has 8 nitrogen and oxygen atoms in total. The van der Waals surface area contributed by atoms with Crippen LogP contribution < -0.4 is 15.5 Å². The van der Waals surface area contributed by atoms with Gasteiger partial charge in [0.2, 0.25) is 0 Å². The van der Waals surface area contributed by atoms with Gasteiger partial charge in [0.1, 0.15) is 11.6 Å². The van der Waals surface area contributed by atoms with Crippen molar-refractivity contribution in [1.82, 2.24) is 15.1 Å². The van der Waals surface area contributed by atoms with E-state index >= 15 is 0 Å². The van der Waals surface area contributed by atoms with Crippen LogP contribution in [0.25, 0.3) is 10.9 Å². The molecule has 1 amide bonds. The van der Waals surface area contributed by atoms with E-state index in [0.717, 1.165) is 72.7 Å². The molecule has 0 aliphatic carbocycles. The number of ether oxygens (including phenoxy) is 1. The van der Waals surface area contributed by atoms with Crippen molar-refractivity contribution >= 4 is 34.0 Å². The van der Waals surface area contributed by atoms with Crippen LogP contribution >= 0.6 is 0 Å². The number of halogens is 2. The lowest BCUT2D eigenvalue weighted by molar-refractivity contribution is 0.0904. The first kappa shape index (κ1) is 29.1. The maximum atomic E-state index is 13.7. The molecule has 2 saturated heterocycles. The summed E-state index contributed by atoms with van der Waals surface area (Å²) in [6.07, 6.45) is 4.29. The third-order valence-corrected chi connectivity index (χ3v) is 8.58. The number of nitrogens with one attached hydrogen (secondary N) is 3. The fraction of sp³-hybridized carbons (Fsp3) is 0.394. The first-order chi connectivity index (χ1) is 20.8. The zero-order valence-electron chi connectivity index (χ0n) is 24.6. The third kappa shape index (κ3) is 6.81. The number of anilines is 3. The quantitative estimate of drug-likeness (QED) is 0.241. The summed E-state index contributed by atoms with van der Waals surface area (Å²) in [6.45, 7) is 3.32. The topological polar surface area (TPSA) is 85.5 Å². The minimum absolute atomic E-state index is 0.219. The van der Waals surface area contributed by atoms with Crippen LogP contribution in [0.3, 0.4) is 0 Å². The van der Waals surface area contributed by atoms with Gasteiger partial charge in [-0.2, -0.15) is 5.10 Å². The summed E-state index contributed by atoms with van der Waals surface area (Å²) in [6, 6.07) is 16.0. The second-order valence-electron chi connectivity index (χ2n) is 11.8. The molecule has 1 aromatic heterocycles. The molecule has 3 N–H and O–H groups in total. The molecule has 43 heavy (non-hydrogen) atoms. The summed E-state index contributed by atoms with van der Waals surface area (Å²) in [7, 11) is 4.27. The van der Waals surface area contributed by atoms with E-state index in [-0.39, 0.29) is 11.9 Å². The zero-order valence-corrected chi connectivity index (χ0v) is 24.6. The number of rotatable bonds is 8. The summed E-state index contributed by atoms with van der Waals surface area (Å²) in [5.41, 5.74) is 4.57. The average molecular weight is 589 g/mol. The Labute approximate surface area is 250 Å². The highest BCUT2D eigenvalue weighted by Gasteiger charge is 2.24. The number of hydrogen-bond acceptors (Lipinski definition) is 6. The number of amides is 1. The van der Waals surface area contributed by atoms with E-state index in [1.54, 1.807) is 0 Å². The monoisotopic (exact) mass is 588 g/mol. The molecule has 2 fully saturated rings. The molecule has 2 aliphatic rings. The Bertz CT molecular complexity index is 1570. The molecule has 226 valence electrons. The Hall–Kier alpha value is -4.02. The number of nitrogens with zero attached hydrogens (tertiary/aromatic N) is 3. The highest BCUT2D eigenvalue weighted by atomic mass is 19.1. The van der Waals surface area contributed by atoms with Gasteiger partial charge in [-0.1, -0.05) is 6.07 Å². The van der Waals surface area contributed by atoms with Gasteiger partial charge in [-0.3, -0.25) is 9.89 Å². The number of benzene rings is 3. The van der Waals surface area contributed by atoms with Crippen LogP contribution in [0.1, 0.15) is 47.2 Å². The zero-order chi connectivity index (χ0) is 29.9. The molecule has 6 rings (SSSR count). The number of carbonyl (C=O) groups is 1. The molecule has 0 spiro atoms. The van der Waals surface area contributed by atoms with Gasteiger partial charge in [0.05, 0.1) is 11.1 Å². The summed E-state index contributed by atoms with van der Waals surface area (Å²) >= 11 is 0. The lowest BCUT2D eigenvalue weighted by atomic mass is 10.0. The number of carbonyl (C=O) groups excluding carboxylic acids is 1. The molecule has 0 atom stereocenters. The van der Waals surface area contributed by atoms with Gasteiger partial charge in [-0.25, -0.2) is 8.78 Å². The Kier molecular flexibility index (Phi) is 8.58. The van der Waals surface area contributed by atoms with Gasteiger partial charge in [0.25, 0.3) is 5.91 Å². The number of fused-ring (bicyclic) bond motifs is 1. The van der Waals surface area contributed by atoms with Gasteiger partial charge < -0.3 is 25.2 Å². The largest absolute Gasteiger partial charge is 0.381 e. The molecule has 2 aliphatic heterocycles. The first-order valence-corrected chi connectivity index (χ1v) is 15.0. The van der Waals surface area contributed by atoms with Crippen molar-refractivity contribution in [2.45, 2.75) is 44.2 Å². The summed E-state index contributed by atoms with van der Waals surface area (Å²) in [5, 5.41) is 14.7. The molecule has 4 aromatic rings. The number of aromatic nitrogens is 2. The van der Waals surface area contributed by atoms with Crippen molar-refractivity contribution in [3.8, 4) is 0 Å². The Balaban J connectivity index is 1.24. The second-order valence-corrected chi connectivity index (χ2v) is 11.8. The molecule has 0 saturated carbocycles. The van der Waals surface area contributed by atoms with E-state index in [9.17, 15) is 13.6 Å². The van der Waals surface area contributed by atoms with Crippen LogP contribution in [0.5, 0.6) is 0 Å². The summed E-state index contributed by atoms with van der Waals surface area (Å²) in [4.78, 5) is 18.4. The number of hydrogen-bond donors (Lipinski definition) is 3. The van der Waals surface area contributed by atoms with Crippen molar-refractivity contribution in [3.05, 3.63) is 82.9 Å². The average Bonchev–Trinajstić information content (AvgIpc) is 3.38. The van der Waals surface area contributed by atoms with Crippen LogP contribution in [0.4, 0.5) is 26.0 Å². The Morgan fingerprint density at radius 1 is 0.977 bits per heavy atom. The standard InChI is InChI=1S/C33H38F2N6O2/c1-40(2)26-7-11-41(12-8-26)27-4-5-28(31(20-27)36-25-9-13-43-14-10-25)33(42)37-32-29-18-21(3-6-30(29)38-39-32)15-22-16-23(34)19-24(35)17-22/h3-6,16-20,25-26,36H,7-15H2,1-2H3,(H2,37,38,39,42). The van der Waals surface area contributed by atoms with Crippen LogP contribution in [0.2, 0.25) is 0 Å². The van der Waals surface area contributed by atoms with Crippen molar-refractivity contribution in [2.24, 2.45) is 0 Å². The van der Waals surface area contributed by atoms with Gasteiger partial charge in [-0.15, -0.1) is 0 Å². The number of aromatic amines is 1. The third-order valence-electron chi connectivity index (χ3n) is 8.58. The molecular formula is C33H38F2N6O2. The van der Waals surface area contributed by atoms with Gasteiger partial charge in [0.15, 0.2) is 5.82 Å². The van der Waals surface area contributed by atoms with Crippen LogP contribution in [-0.4, -0.2) is 73.5 Å². The Morgan fingerprint density at radius 2 is 1.72 bits per heavy atom. The fourth-order valence-electron chi connectivity index (χ4n) is 6.14. The maximum absolute atomic E-state index is 13.7. The highest BCUT2D eigenvalue weighted by Crippen LogP contribution is 2.30. The van der Waals surface area contributed by atoms with E-state index in [0.29, 0.717) is 42.6 Å². The minimum atomic E-state index is -0.610. The molecular weight excluding hydrogens is 550 g/mol. The van der Waals surface area contributed by atoms with Crippen LogP contribution in [0, 0.1) is 11.6 Å². The summed E-state index contributed by atoms with van der Waals surface area (Å²) in [5.74, 6) is -1.08. The van der Waals surface area contributed by atoms with E-state index in [2.05, 4.69) is 50.8 Å². The van der Waals surface area contributed by atoms with Gasteiger partial charge in [-0.05, 0) is 99.8 Å². The molecule has 10 heteroatoms. The predicted molar refractivity (Wildman–Crippen MR) is 166 cm³/mol. The van der Waals surface area contributed by atoms with Crippen LogP contribution in [-0.2, 0) is 11.2 Å². The predicted octanol–water partition coefficient (Wildman–Crippen LogP) is 5.81. The molecule has 3 aromatic carbocycles. The summed E-state index contributed by atoms with van der Waals surface area (Å²) < 4.78 is 33.0. The van der Waals surface area contributed by atoms with E-state index in [1.165, 1.54) is 12.1 Å². The first-order valence-electron chi connectivity index (χ1n) is 15.0. The maximum Gasteiger partial charge on any atom is 0.258 e. The van der Waals surface area contributed by atoms with E-state index in [1.807, 2.05) is 30.3 Å². The lowest BCUT2D eigenvalue weighted by Gasteiger charge is -2.37. The second kappa shape index (κ2) is 12.7. The van der Waals surface area contributed by atoms with Crippen molar-refractivity contribution in [2.75, 3.05) is 55.9 Å². The van der Waals surface area contributed by atoms with E-state index in [4.69, 9.17) is 4.74 Å². The van der Waals surface area contributed by atoms with Crippen LogP contribution in [0.15, 0.2) is 54.6 Å². The smallest absolute Gasteiger partial charge is 0.258 e. The van der Waals surface area contributed by atoms with Crippen molar-refractivity contribution in [1.29, 1.82) is 0 Å². The fourth-order valence-corrected chi connectivity index (χ4v) is 6.14. The number of H-pyrrole nitrogens is 1. The van der Waals surface area contributed by atoms with Crippen molar-refractivity contribution in [3.63, 3.8) is 0 Å².